The minimum Gasteiger partial charge on any atom is -0.393 e. The molecule has 0 aromatic heterocycles. The van der Waals surface area contributed by atoms with Gasteiger partial charge in [0.1, 0.15) is 0 Å². The topological polar surface area (TPSA) is 40.5 Å². The summed E-state index contributed by atoms with van der Waals surface area (Å²) in [6.45, 7) is 6.57. The zero-order valence-corrected chi connectivity index (χ0v) is 15.3. The summed E-state index contributed by atoms with van der Waals surface area (Å²) in [5, 5.41) is 20.7. The molecule has 23 heavy (non-hydrogen) atoms. The van der Waals surface area contributed by atoms with Gasteiger partial charge in [0.25, 0.3) is 0 Å². The number of aliphatic hydroxyl groups excluding tert-OH is 1. The van der Waals surface area contributed by atoms with Gasteiger partial charge in [0.05, 0.1) is 11.7 Å². The largest absolute Gasteiger partial charge is 0.393 e. The van der Waals surface area contributed by atoms with Gasteiger partial charge in [-0.1, -0.05) is 6.92 Å². The normalized spacial score (nSPS) is 57.3. The van der Waals surface area contributed by atoms with Crippen molar-refractivity contribution < 1.29 is 10.2 Å². The van der Waals surface area contributed by atoms with Crippen molar-refractivity contribution in [1.82, 2.24) is 0 Å². The maximum atomic E-state index is 10.5. The first-order valence-corrected chi connectivity index (χ1v) is 10.2. The summed E-state index contributed by atoms with van der Waals surface area (Å²) < 4.78 is 0. The molecule has 2 unspecified atom stereocenters. The van der Waals surface area contributed by atoms with Crippen molar-refractivity contribution in [3.8, 4) is 0 Å². The van der Waals surface area contributed by atoms with Crippen molar-refractivity contribution in [3.63, 3.8) is 0 Å². The fourth-order valence-electron chi connectivity index (χ4n) is 7.91. The van der Waals surface area contributed by atoms with E-state index in [1.165, 1.54) is 44.9 Å². The fourth-order valence-corrected chi connectivity index (χ4v) is 7.91. The number of aliphatic hydroxyl groups is 2. The smallest absolute Gasteiger partial charge is 0.0622 e. The Morgan fingerprint density at radius 2 is 1.61 bits per heavy atom. The van der Waals surface area contributed by atoms with Crippen LogP contribution in [0.25, 0.3) is 0 Å². The van der Waals surface area contributed by atoms with Crippen molar-refractivity contribution in [2.45, 2.75) is 90.3 Å². The van der Waals surface area contributed by atoms with Crippen molar-refractivity contribution in [3.05, 3.63) is 0 Å². The van der Waals surface area contributed by atoms with E-state index in [0.29, 0.717) is 11.3 Å². The molecule has 0 aliphatic heterocycles. The number of hydrogen-bond acceptors (Lipinski definition) is 2. The highest BCUT2D eigenvalue weighted by molar-refractivity contribution is 5.07. The van der Waals surface area contributed by atoms with Crippen LogP contribution in [0.4, 0.5) is 0 Å². The van der Waals surface area contributed by atoms with Crippen molar-refractivity contribution in [2.75, 3.05) is 0 Å². The summed E-state index contributed by atoms with van der Waals surface area (Å²) in [6.07, 6.45) is 11.2. The van der Waals surface area contributed by atoms with Crippen LogP contribution < -0.4 is 0 Å². The molecule has 4 saturated carbocycles. The molecule has 4 fully saturated rings. The Kier molecular flexibility index (Phi) is 3.89. The second-order valence-electron chi connectivity index (χ2n) is 10.1. The Bertz CT molecular complexity index is 457. The quantitative estimate of drug-likeness (QED) is 0.752. The first-order chi connectivity index (χ1) is 10.8. The van der Waals surface area contributed by atoms with Crippen LogP contribution >= 0.6 is 0 Å². The molecule has 2 nitrogen and oxygen atoms in total. The lowest BCUT2D eigenvalue weighted by molar-refractivity contribution is -0.106. The van der Waals surface area contributed by atoms with E-state index in [1.807, 2.05) is 6.92 Å². The highest BCUT2D eigenvalue weighted by atomic mass is 16.3. The van der Waals surface area contributed by atoms with Gasteiger partial charge < -0.3 is 10.2 Å². The van der Waals surface area contributed by atoms with Crippen molar-refractivity contribution in [1.29, 1.82) is 0 Å². The summed E-state index contributed by atoms with van der Waals surface area (Å²) in [6, 6.07) is 0. The van der Waals surface area contributed by atoms with Gasteiger partial charge in [-0.05, 0) is 113 Å². The molecule has 4 aliphatic carbocycles. The lowest BCUT2D eigenvalue weighted by atomic mass is 9.49. The number of fused-ring (bicyclic) bond motifs is 5. The molecular weight excluding hydrogens is 284 g/mol. The van der Waals surface area contributed by atoms with Crippen molar-refractivity contribution in [2.24, 2.45) is 40.9 Å². The maximum Gasteiger partial charge on any atom is 0.0622 e. The van der Waals surface area contributed by atoms with E-state index in [0.717, 1.165) is 42.4 Å². The van der Waals surface area contributed by atoms with Crippen molar-refractivity contribution >= 4 is 0 Å². The van der Waals surface area contributed by atoms with Crippen LogP contribution in [0.5, 0.6) is 0 Å². The molecule has 0 radical (unpaired) electrons. The van der Waals surface area contributed by atoms with Crippen LogP contribution in [0.2, 0.25) is 0 Å². The second-order valence-corrected chi connectivity index (χ2v) is 10.1. The highest BCUT2D eigenvalue weighted by Gasteiger charge is 2.58. The van der Waals surface area contributed by atoms with E-state index in [1.54, 1.807) is 0 Å². The third kappa shape index (κ3) is 2.51. The molecule has 0 amide bonds. The predicted molar refractivity (Wildman–Crippen MR) is 92.9 cm³/mol. The van der Waals surface area contributed by atoms with E-state index >= 15 is 0 Å². The minimum absolute atomic E-state index is 0.136. The SMILES string of the molecule is CC(O)C1CC[C@H]2[C@@H]3CC[C@@H]4C[C@@](C)(O)CC[C@@H]4[C@H]3CC[C@]12C. The van der Waals surface area contributed by atoms with E-state index in [4.69, 9.17) is 0 Å². The second kappa shape index (κ2) is 5.46. The Hall–Kier alpha value is -0.0800. The van der Waals surface area contributed by atoms with E-state index < -0.39 is 5.60 Å². The zero-order valence-electron chi connectivity index (χ0n) is 15.3. The predicted octanol–water partition coefficient (Wildman–Crippen LogP) is 4.39. The summed E-state index contributed by atoms with van der Waals surface area (Å²) in [7, 11) is 0. The zero-order chi connectivity index (χ0) is 16.4. The van der Waals surface area contributed by atoms with Gasteiger partial charge in [-0.2, -0.15) is 0 Å². The molecule has 9 atom stereocenters. The van der Waals surface area contributed by atoms with Gasteiger partial charge in [-0.3, -0.25) is 0 Å². The Morgan fingerprint density at radius 1 is 0.870 bits per heavy atom. The molecule has 2 heteroatoms. The van der Waals surface area contributed by atoms with Gasteiger partial charge in [0.15, 0.2) is 0 Å². The first-order valence-electron chi connectivity index (χ1n) is 10.2. The lowest BCUT2D eigenvalue weighted by Crippen LogP contribution is -2.51. The number of rotatable bonds is 1. The molecule has 0 spiro atoms. The average molecular weight is 321 g/mol. The molecule has 4 rings (SSSR count). The van der Waals surface area contributed by atoms with Gasteiger partial charge in [0, 0.05) is 0 Å². The van der Waals surface area contributed by atoms with Crippen LogP contribution in [0.1, 0.15) is 78.6 Å². The van der Waals surface area contributed by atoms with Crippen LogP contribution in [0, 0.1) is 40.9 Å². The molecular formula is C21H36O2. The van der Waals surface area contributed by atoms with E-state index in [-0.39, 0.29) is 6.10 Å². The fraction of sp³-hybridized carbons (Fsp3) is 1.00. The standard InChI is InChI=1S/C21H36O2/c1-13(22)18-6-7-19-17-5-4-14-12-20(2,23)10-8-15(14)16(17)9-11-21(18,19)3/h13-19,22-23H,4-12H2,1-3H3/t13?,14-,15+,16-,17-,18?,19+,20+,21-/m1/s1. The first kappa shape index (κ1) is 16.4. The average Bonchev–Trinajstić information content (AvgIpc) is 2.83. The Labute approximate surface area is 142 Å². The molecule has 2 N–H and O–H groups in total. The van der Waals surface area contributed by atoms with Crippen LogP contribution in [0.3, 0.4) is 0 Å². The Balaban J connectivity index is 1.54. The molecule has 0 saturated heterocycles. The molecule has 0 heterocycles. The molecule has 0 aromatic carbocycles. The van der Waals surface area contributed by atoms with Crippen LogP contribution in [-0.4, -0.2) is 21.9 Å². The summed E-state index contributed by atoms with van der Waals surface area (Å²) in [4.78, 5) is 0. The monoisotopic (exact) mass is 320 g/mol. The third-order valence-electron chi connectivity index (χ3n) is 8.89. The van der Waals surface area contributed by atoms with Gasteiger partial charge >= 0.3 is 0 Å². The van der Waals surface area contributed by atoms with Gasteiger partial charge in [0.2, 0.25) is 0 Å². The third-order valence-corrected chi connectivity index (χ3v) is 8.89. The molecule has 0 bridgehead atoms. The Morgan fingerprint density at radius 3 is 2.35 bits per heavy atom. The van der Waals surface area contributed by atoms with Gasteiger partial charge in [-0.15, -0.1) is 0 Å². The van der Waals surface area contributed by atoms with Crippen LogP contribution in [0.15, 0.2) is 0 Å². The summed E-state index contributed by atoms with van der Waals surface area (Å²) in [5.74, 6) is 4.85. The molecule has 4 aliphatic rings. The number of hydrogen-bond donors (Lipinski definition) is 2. The lowest BCUT2D eigenvalue weighted by Gasteiger charge is -2.57. The minimum atomic E-state index is -0.401. The van der Waals surface area contributed by atoms with E-state index in [2.05, 4.69) is 13.8 Å². The van der Waals surface area contributed by atoms with E-state index in [9.17, 15) is 10.2 Å². The van der Waals surface area contributed by atoms with Gasteiger partial charge in [-0.25, -0.2) is 0 Å². The molecule has 132 valence electrons. The summed E-state index contributed by atoms with van der Waals surface area (Å²) in [5.41, 5.74) is -0.00963. The maximum absolute atomic E-state index is 10.5. The summed E-state index contributed by atoms with van der Waals surface area (Å²) >= 11 is 0. The molecule has 0 aromatic rings. The highest BCUT2D eigenvalue weighted by Crippen LogP contribution is 2.65. The van der Waals surface area contributed by atoms with Crippen LogP contribution in [-0.2, 0) is 0 Å².